The van der Waals surface area contributed by atoms with Gasteiger partial charge in [0.1, 0.15) is 0 Å². The number of benzene rings is 1. The molecule has 1 aliphatic rings. The van der Waals surface area contributed by atoms with Gasteiger partial charge in [-0.05, 0) is 37.9 Å². The molecule has 0 bridgehead atoms. The van der Waals surface area contributed by atoms with Gasteiger partial charge in [-0.2, -0.15) is 0 Å². The maximum atomic E-state index is 3.55. The summed E-state index contributed by atoms with van der Waals surface area (Å²) in [5.74, 6) is 0.944. The highest BCUT2D eigenvalue weighted by molar-refractivity contribution is 5.25. The average molecular weight is 274 g/mol. The molecule has 1 saturated carbocycles. The van der Waals surface area contributed by atoms with Gasteiger partial charge in [-0.15, -0.1) is 0 Å². The van der Waals surface area contributed by atoms with Crippen molar-refractivity contribution in [2.75, 3.05) is 33.2 Å². The van der Waals surface area contributed by atoms with Crippen LogP contribution >= 0.6 is 0 Å². The lowest BCUT2D eigenvalue weighted by molar-refractivity contribution is 0.175. The fourth-order valence-electron chi connectivity index (χ4n) is 3.27. The number of likely N-dealkylation sites (N-methyl/N-ethyl adjacent to an activating group) is 2. The Bertz CT molecular complexity index is 386. The Hall–Kier alpha value is -0.860. The van der Waals surface area contributed by atoms with E-state index < -0.39 is 0 Å². The van der Waals surface area contributed by atoms with Crippen LogP contribution in [0.25, 0.3) is 0 Å². The first-order valence-electron chi connectivity index (χ1n) is 8.09. The zero-order chi connectivity index (χ0) is 14.4. The normalized spacial score (nSPS) is 18.8. The van der Waals surface area contributed by atoms with Crippen molar-refractivity contribution in [2.45, 2.75) is 38.5 Å². The molecule has 2 heteroatoms. The SMILES string of the molecule is CCNCC(C)(CN(C)CC1CCC1)c1ccccc1. The van der Waals surface area contributed by atoms with Gasteiger partial charge < -0.3 is 10.2 Å². The van der Waals surface area contributed by atoms with E-state index >= 15 is 0 Å². The van der Waals surface area contributed by atoms with Crippen molar-refractivity contribution in [3.63, 3.8) is 0 Å². The Morgan fingerprint density at radius 1 is 1.25 bits per heavy atom. The van der Waals surface area contributed by atoms with Crippen LogP contribution < -0.4 is 5.32 Å². The Morgan fingerprint density at radius 2 is 1.95 bits per heavy atom. The van der Waals surface area contributed by atoms with Gasteiger partial charge in [0.05, 0.1) is 0 Å². The zero-order valence-electron chi connectivity index (χ0n) is 13.4. The molecule has 1 unspecified atom stereocenters. The van der Waals surface area contributed by atoms with Crippen molar-refractivity contribution in [2.24, 2.45) is 5.92 Å². The lowest BCUT2D eigenvalue weighted by Gasteiger charge is -2.37. The molecule has 1 fully saturated rings. The molecule has 2 rings (SSSR count). The molecule has 112 valence electrons. The molecule has 1 aliphatic carbocycles. The number of nitrogens with zero attached hydrogens (tertiary/aromatic N) is 1. The van der Waals surface area contributed by atoms with Crippen molar-refractivity contribution in [1.29, 1.82) is 0 Å². The lowest BCUT2D eigenvalue weighted by Crippen LogP contribution is -2.45. The molecule has 1 aromatic carbocycles. The minimum absolute atomic E-state index is 0.190. The smallest absolute Gasteiger partial charge is 0.0176 e. The fourth-order valence-corrected chi connectivity index (χ4v) is 3.27. The second-order valence-electron chi connectivity index (χ2n) is 6.70. The van der Waals surface area contributed by atoms with E-state index in [-0.39, 0.29) is 5.41 Å². The van der Waals surface area contributed by atoms with E-state index in [9.17, 15) is 0 Å². The second kappa shape index (κ2) is 7.24. The van der Waals surface area contributed by atoms with Gasteiger partial charge in [0, 0.05) is 25.0 Å². The van der Waals surface area contributed by atoms with Crippen LogP contribution in [-0.4, -0.2) is 38.1 Å². The van der Waals surface area contributed by atoms with Crippen LogP contribution in [0.3, 0.4) is 0 Å². The van der Waals surface area contributed by atoms with Gasteiger partial charge in [0.15, 0.2) is 0 Å². The van der Waals surface area contributed by atoms with Crippen LogP contribution in [0.5, 0.6) is 0 Å². The molecule has 0 amide bonds. The number of hydrogen-bond acceptors (Lipinski definition) is 2. The van der Waals surface area contributed by atoms with E-state index in [1.54, 1.807) is 0 Å². The van der Waals surface area contributed by atoms with Crippen LogP contribution in [0.1, 0.15) is 38.7 Å². The van der Waals surface area contributed by atoms with Crippen LogP contribution in [0.2, 0.25) is 0 Å². The molecule has 0 heterocycles. The fraction of sp³-hybridized carbons (Fsp3) is 0.667. The summed E-state index contributed by atoms with van der Waals surface area (Å²) in [6.07, 6.45) is 4.30. The van der Waals surface area contributed by atoms with Crippen LogP contribution in [-0.2, 0) is 5.41 Å². The number of rotatable bonds is 8. The van der Waals surface area contributed by atoms with Gasteiger partial charge in [-0.1, -0.05) is 50.6 Å². The van der Waals surface area contributed by atoms with Crippen molar-refractivity contribution >= 4 is 0 Å². The summed E-state index contributed by atoms with van der Waals surface area (Å²) < 4.78 is 0. The molecule has 0 spiro atoms. The van der Waals surface area contributed by atoms with Gasteiger partial charge in [-0.3, -0.25) is 0 Å². The first-order chi connectivity index (χ1) is 9.64. The largest absolute Gasteiger partial charge is 0.316 e. The Labute approximate surface area is 124 Å². The van der Waals surface area contributed by atoms with Crippen molar-refractivity contribution in [1.82, 2.24) is 10.2 Å². The third-order valence-corrected chi connectivity index (χ3v) is 4.65. The van der Waals surface area contributed by atoms with E-state index in [1.807, 2.05) is 0 Å². The maximum Gasteiger partial charge on any atom is 0.0176 e. The summed E-state index contributed by atoms with van der Waals surface area (Å²) in [6, 6.07) is 11.0. The second-order valence-corrected chi connectivity index (χ2v) is 6.70. The molecule has 0 radical (unpaired) electrons. The predicted octanol–water partition coefficient (Wildman–Crippen LogP) is 3.29. The van der Waals surface area contributed by atoms with E-state index in [2.05, 4.69) is 61.4 Å². The van der Waals surface area contributed by atoms with Gasteiger partial charge in [0.2, 0.25) is 0 Å². The summed E-state index contributed by atoms with van der Waals surface area (Å²) in [6.45, 7) is 9.04. The van der Waals surface area contributed by atoms with Crippen molar-refractivity contribution in [3.8, 4) is 0 Å². The average Bonchev–Trinajstić information content (AvgIpc) is 2.42. The molecule has 1 N–H and O–H groups in total. The first kappa shape index (κ1) is 15.5. The van der Waals surface area contributed by atoms with Gasteiger partial charge in [-0.25, -0.2) is 0 Å². The Kier molecular flexibility index (Phi) is 5.62. The quantitative estimate of drug-likeness (QED) is 0.782. The topological polar surface area (TPSA) is 15.3 Å². The van der Waals surface area contributed by atoms with E-state index in [0.717, 1.165) is 25.6 Å². The minimum atomic E-state index is 0.190. The van der Waals surface area contributed by atoms with E-state index in [4.69, 9.17) is 0 Å². The van der Waals surface area contributed by atoms with Crippen molar-refractivity contribution < 1.29 is 0 Å². The highest BCUT2D eigenvalue weighted by Gasteiger charge is 2.29. The van der Waals surface area contributed by atoms with E-state index in [1.165, 1.54) is 31.4 Å². The van der Waals surface area contributed by atoms with Crippen LogP contribution in [0, 0.1) is 5.92 Å². The molecule has 2 nitrogen and oxygen atoms in total. The Morgan fingerprint density at radius 3 is 2.50 bits per heavy atom. The summed E-state index contributed by atoms with van der Waals surface area (Å²) in [4.78, 5) is 2.54. The summed E-state index contributed by atoms with van der Waals surface area (Å²) in [7, 11) is 2.28. The summed E-state index contributed by atoms with van der Waals surface area (Å²) in [5.41, 5.74) is 1.64. The highest BCUT2D eigenvalue weighted by Crippen LogP contribution is 2.29. The maximum absolute atomic E-state index is 3.55. The van der Waals surface area contributed by atoms with Crippen LogP contribution in [0.4, 0.5) is 0 Å². The lowest BCUT2D eigenvalue weighted by atomic mass is 9.80. The zero-order valence-corrected chi connectivity index (χ0v) is 13.4. The first-order valence-corrected chi connectivity index (χ1v) is 8.09. The molecular formula is C18H30N2. The third kappa shape index (κ3) is 4.07. The number of nitrogens with one attached hydrogen (secondary N) is 1. The highest BCUT2D eigenvalue weighted by atomic mass is 15.1. The molecular weight excluding hydrogens is 244 g/mol. The summed E-state index contributed by atoms with van der Waals surface area (Å²) in [5, 5.41) is 3.55. The molecule has 0 saturated heterocycles. The molecule has 1 atom stereocenters. The van der Waals surface area contributed by atoms with Gasteiger partial charge >= 0.3 is 0 Å². The van der Waals surface area contributed by atoms with E-state index in [0.29, 0.717) is 0 Å². The minimum Gasteiger partial charge on any atom is -0.316 e. The third-order valence-electron chi connectivity index (χ3n) is 4.65. The molecule has 20 heavy (non-hydrogen) atoms. The summed E-state index contributed by atoms with van der Waals surface area (Å²) >= 11 is 0. The molecule has 0 aromatic heterocycles. The number of hydrogen-bond donors (Lipinski definition) is 1. The van der Waals surface area contributed by atoms with Crippen LogP contribution in [0.15, 0.2) is 30.3 Å². The standard InChI is InChI=1S/C18H30N2/c1-4-19-14-18(2,17-11-6-5-7-12-17)15-20(3)13-16-9-8-10-16/h5-7,11-12,16,19H,4,8-10,13-15H2,1-3H3. The van der Waals surface area contributed by atoms with Crippen molar-refractivity contribution in [3.05, 3.63) is 35.9 Å². The molecule has 1 aromatic rings. The Balaban J connectivity index is 2.01. The predicted molar refractivity (Wildman–Crippen MR) is 87.2 cm³/mol. The van der Waals surface area contributed by atoms with Gasteiger partial charge in [0.25, 0.3) is 0 Å². The molecule has 0 aliphatic heterocycles. The monoisotopic (exact) mass is 274 g/mol.